The SMILES string of the molecule is CCCCCCCCCCCCCCCC(=O)N(CCC(=O)O[C@]1(CC)C(=O)OCc2c1cc1n(c2=O)Cc2cc3ccccc3nc2-1)CC(=O)O. The summed E-state index contributed by atoms with van der Waals surface area (Å²) in [5.74, 6) is -3.11. The zero-order chi connectivity index (χ0) is 37.1. The molecule has 1 amide bonds. The van der Waals surface area contributed by atoms with Gasteiger partial charge >= 0.3 is 17.9 Å². The van der Waals surface area contributed by atoms with E-state index in [1.165, 1.54) is 57.8 Å². The maximum absolute atomic E-state index is 13.8. The average Bonchev–Trinajstić information content (AvgIpc) is 3.49. The van der Waals surface area contributed by atoms with E-state index in [0.717, 1.165) is 40.6 Å². The van der Waals surface area contributed by atoms with Gasteiger partial charge in [0, 0.05) is 29.5 Å². The van der Waals surface area contributed by atoms with E-state index in [2.05, 4.69) is 6.92 Å². The number of para-hydroxylation sites is 1. The monoisotopic (exact) mass is 715 g/mol. The summed E-state index contributed by atoms with van der Waals surface area (Å²) in [6.45, 7) is 3.24. The smallest absolute Gasteiger partial charge is 0.355 e. The standard InChI is InChI=1S/C41H53N3O8/c1-3-5-6-7-8-9-10-11-12-13-14-15-16-21-35(45)43(27-36(46)47)23-22-37(48)52-41(4-2)32-25-34-38-30(24-29-19-17-18-20-33(29)42-38)26-44(34)39(49)31(32)28-51-40(41)50/h17-20,24-25H,3-16,21-23,26-28H2,1-2H3,(H,46,47)/t41-/m0/s1. The molecule has 2 aromatic heterocycles. The van der Waals surface area contributed by atoms with E-state index in [1.54, 1.807) is 17.6 Å². The molecule has 4 heterocycles. The van der Waals surface area contributed by atoms with Crippen molar-refractivity contribution < 1.29 is 33.8 Å². The number of carbonyl (C=O) groups is 4. The number of esters is 2. The molecule has 0 radical (unpaired) electrons. The third kappa shape index (κ3) is 9.08. The normalized spacial score (nSPS) is 15.8. The van der Waals surface area contributed by atoms with Crippen molar-refractivity contribution in [2.24, 2.45) is 0 Å². The molecule has 0 saturated carbocycles. The van der Waals surface area contributed by atoms with Gasteiger partial charge in [-0.25, -0.2) is 9.78 Å². The van der Waals surface area contributed by atoms with E-state index in [1.807, 2.05) is 30.3 Å². The van der Waals surface area contributed by atoms with Gasteiger partial charge in [-0.1, -0.05) is 109 Å². The van der Waals surface area contributed by atoms with E-state index in [0.29, 0.717) is 24.4 Å². The Hall–Kier alpha value is -4.54. The van der Waals surface area contributed by atoms with Crippen molar-refractivity contribution in [1.82, 2.24) is 14.5 Å². The number of nitrogens with zero attached hydrogens (tertiary/aromatic N) is 3. The number of benzene rings is 1. The second-order valence-electron chi connectivity index (χ2n) is 14.2. The topological polar surface area (TPSA) is 145 Å². The van der Waals surface area contributed by atoms with Crippen molar-refractivity contribution in [3.63, 3.8) is 0 Å². The van der Waals surface area contributed by atoms with Gasteiger partial charge in [-0.15, -0.1) is 0 Å². The molecule has 0 spiro atoms. The number of carbonyl (C=O) groups excluding carboxylic acids is 3. The lowest BCUT2D eigenvalue weighted by Gasteiger charge is -2.35. The molecule has 0 unspecified atom stereocenters. The van der Waals surface area contributed by atoms with Gasteiger partial charge in [0.1, 0.15) is 13.2 Å². The van der Waals surface area contributed by atoms with E-state index < -0.39 is 30.1 Å². The fourth-order valence-corrected chi connectivity index (χ4v) is 7.46. The molecule has 0 bridgehead atoms. The van der Waals surface area contributed by atoms with Crippen LogP contribution in [0.2, 0.25) is 0 Å². The quantitative estimate of drug-likeness (QED) is 0.0688. The number of amides is 1. The second-order valence-corrected chi connectivity index (χ2v) is 14.2. The fraction of sp³-hybridized carbons (Fsp3) is 0.561. The van der Waals surface area contributed by atoms with Crippen molar-refractivity contribution in [3.8, 4) is 11.4 Å². The Morgan fingerprint density at radius 3 is 2.21 bits per heavy atom. The summed E-state index contributed by atoms with van der Waals surface area (Å²) >= 11 is 0. The Bertz CT molecular complexity index is 1820. The number of pyridine rings is 2. The van der Waals surface area contributed by atoms with Crippen molar-refractivity contribution in [3.05, 3.63) is 63.4 Å². The summed E-state index contributed by atoms with van der Waals surface area (Å²) in [6, 6.07) is 11.4. The van der Waals surface area contributed by atoms with E-state index in [4.69, 9.17) is 14.5 Å². The minimum Gasteiger partial charge on any atom is -0.480 e. The molecule has 0 aliphatic carbocycles. The molecule has 0 fully saturated rings. The van der Waals surface area contributed by atoms with Crippen LogP contribution >= 0.6 is 0 Å². The van der Waals surface area contributed by atoms with Crippen LogP contribution in [0.3, 0.4) is 0 Å². The molecule has 11 heteroatoms. The number of carboxylic acid groups (broad SMARTS) is 1. The molecule has 1 aromatic carbocycles. The van der Waals surface area contributed by atoms with Gasteiger partial charge in [-0.3, -0.25) is 19.2 Å². The predicted octanol–water partition coefficient (Wildman–Crippen LogP) is 7.42. The van der Waals surface area contributed by atoms with Crippen LogP contribution in [0, 0.1) is 0 Å². The minimum atomic E-state index is -1.88. The third-order valence-electron chi connectivity index (χ3n) is 10.4. The van der Waals surface area contributed by atoms with Crippen LogP contribution in [0.1, 0.15) is 133 Å². The Morgan fingerprint density at radius 1 is 0.904 bits per heavy atom. The van der Waals surface area contributed by atoms with E-state index in [-0.39, 0.29) is 55.0 Å². The van der Waals surface area contributed by atoms with Gasteiger partial charge in [0.2, 0.25) is 11.5 Å². The highest BCUT2D eigenvalue weighted by molar-refractivity contribution is 5.89. The van der Waals surface area contributed by atoms with Crippen molar-refractivity contribution in [2.75, 3.05) is 13.1 Å². The van der Waals surface area contributed by atoms with Crippen LogP contribution < -0.4 is 5.56 Å². The van der Waals surface area contributed by atoms with Crippen LogP contribution in [0.15, 0.2) is 41.2 Å². The Kier molecular flexibility index (Phi) is 13.6. The van der Waals surface area contributed by atoms with Crippen molar-refractivity contribution in [2.45, 2.75) is 135 Å². The molecular formula is C41H53N3O8. The summed E-state index contributed by atoms with van der Waals surface area (Å²) in [7, 11) is 0. The molecule has 2 aliphatic heterocycles. The highest BCUT2D eigenvalue weighted by Gasteiger charge is 2.50. The predicted molar refractivity (Wildman–Crippen MR) is 198 cm³/mol. The lowest BCUT2D eigenvalue weighted by molar-refractivity contribution is -0.189. The summed E-state index contributed by atoms with van der Waals surface area (Å²) in [6.07, 6.45) is 15.1. The molecule has 2 aliphatic rings. The van der Waals surface area contributed by atoms with Gasteiger partial charge < -0.3 is 24.0 Å². The first-order valence-corrected chi connectivity index (χ1v) is 19.2. The number of ether oxygens (including phenoxy) is 2. The van der Waals surface area contributed by atoms with E-state index >= 15 is 0 Å². The second kappa shape index (κ2) is 18.3. The van der Waals surface area contributed by atoms with Crippen LogP contribution in [0.5, 0.6) is 0 Å². The number of aliphatic carboxylic acids is 1. The Morgan fingerprint density at radius 2 is 1.56 bits per heavy atom. The maximum Gasteiger partial charge on any atom is 0.355 e. The minimum absolute atomic E-state index is 0.00227. The number of hydrogen-bond acceptors (Lipinski definition) is 8. The molecule has 0 saturated heterocycles. The van der Waals surface area contributed by atoms with Crippen molar-refractivity contribution in [1.29, 1.82) is 0 Å². The first-order chi connectivity index (χ1) is 25.2. The fourth-order valence-electron chi connectivity index (χ4n) is 7.46. The maximum atomic E-state index is 13.8. The summed E-state index contributed by atoms with van der Waals surface area (Å²) in [5, 5.41) is 10.4. The first-order valence-electron chi connectivity index (χ1n) is 19.2. The average molecular weight is 716 g/mol. The van der Waals surface area contributed by atoms with Gasteiger partial charge in [0.15, 0.2) is 0 Å². The number of hydrogen-bond donors (Lipinski definition) is 1. The molecule has 11 nitrogen and oxygen atoms in total. The van der Waals surface area contributed by atoms with Gasteiger partial charge in [-0.05, 0) is 31.0 Å². The molecule has 52 heavy (non-hydrogen) atoms. The Labute approximate surface area is 305 Å². The number of unbranched alkanes of at least 4 members (excludes halogenated alkanes) is 12. The molecule has 3 aromatic rings. The van der Waals surface area contributed by atoms with Crippen LogP contribution in [-0.4, -0.2) is 56.5 Å². The number of fused-ring (bicyclic) bond motifs is 5. The van der Waals surface area contributed by atoms with Crippen LogP contribution in [0.4, 0.5) is 0 Å². The number of carboxylic acids is 1. The zero-order valence-corrected chi connectivity index (χ0v) is 30.8. The summed E-state index contributed by atoms with van der Waals surface area (Å²) < 4.78 is 12.9. The van der Waals surface area contributed by atoms with Crippen molar-refractivity contribution >= 4 is 34.7 Å². The molecule has 280 valence electrons. The molecule has 1 N–H and O–H groups in total. The summed E-state index contributed by atoms with van der Waals surface area (Å²) in [4.78, 5) is 71.2. The molecule has 1 atom stereocenters. The van der Waals surface area contributed by atoms with Crippen LogP contribution in [0.25, 0.3) is 22.3 Å². The number of rotatable bonds is 21. The number of cyclic esters (lactones) is 1. The van der Waals surface area contributed by atoms with Crippen LogP contribution in [-0.2, 0) is 47.4 Å². The molecular weight excluding hydrogens is 662 g/mol. The third-order valence-corrected chi connectivity index (χ3v) is 10.4. The first kappa shape index (κ1) is 38.7. The largest absolute Gasteiger partial charge is 0.480 e. The highest BCUT2D eigenvalue weighted by Crippen LogP contribution is 2.41. The summed E-state index contributed by atoms with van der Waals surface area (Å²) in [5.41, 5.74) is 1.06. The van der Waals surface area contributed by atoms with Gasteiger partial charge in [-0.2, -0.15) is 0 Å². The lowest BCUT2D eigenvalue weighted by Crippen LogP contribution is -2.48. The highest BCUT2D eigenvalue weighted by atomic mass is 16.6. The Balaban J connectivity index is 1.17. The zero-order valence-electron chi connectivity index (χ0n) is 30.8. The number of aromatic nitrogens is 2. The van der Waals surface area contributed by atoms with E-state index in [9.17, 15) is 29.1 Å². The van der Waals surface area contributed by atoms with Gasteiger partial charge in [0.25, 0.3) is 5.56 Å². The van der Waals surface area contributed by atoms with Gasteiger partial charge in [0.05, 0.1) is 35.4 Å². The molecule has 5 rings (SSSR count). The lowest BCUT2D eigenvalue weighted by atomic mass is 9.85.